The Hall–Kier alpha value is -2.50. The second kappa shape index (κ2) is 4.31. The van der Waals surface area contributed by atoms with Crippen LogP contribution in [0.25, 0.3) is 10.9 Å². The number of nitrogens with one attached hydrogen (secondary N) is 1. The molecule has 0 spiro atoms. The number of benzene rings is 1. The van der Waals surface area contributed by atoms with Gasteiger partial charge in [0.2, 0.25) is 0 Å². The second-order valence-electron chi connectivity index (χ2n) is 4.62. The molecule has 0 saturated carbocycles. The highest BCUT2D eigenvalue weighted by Gasteiger charge is 2.23. The number of carbonyl (C=O) groups excluding carboxylic acids is 1. The number of aromatic nitrogens is 1. The third-order valence-corrected chi connectivity index (χ3v) is 3.38. The number of aliphatic imine (C=N–C) groups is 1. The summed E-state index contributed by atoms with van der Waals surface area (Å²) in [6.07, 6.45) is 0.787. The highest BCUT2D eigenvalue weighted by molar-refractivity contribution is 5.91. The lowest BCUT2D eigenvalue weighted by atomic mass is 10.1. The van der Waals surface area contributed by atoms with E-state index in [4.69, 9.17) is 11.5 Å². The number of guanidine groups is 1. The van der Waals surface area contributed by atoms with Crippen LogP contribution in [0.1, 0.15) is 11.3 Å². The van der Waals surface area contributed by atoms with Gasteiger partial charge in [-0.05, 0) is 6.07 Å². The summed E-state index contributed by atoms with van der Waals surface area (Å²) >= 11 is 0. The van der Waals surface area contributed by atoms with Crippen molar-refractivity contribution >= 4 is 22.9 Å². The van der Waals surface area contributed by atoms with Crippen molar-refractivity contribution in [2.24, 2.45) is 16.5 Å². The monoisotopic (exact) mass is 257 g/mol. The lowest BCUT2D eigenvalue weighted by molar-refractivity contribution is 0.202. The van der Waals surface area contributed by atoms with Gasteiger partial charge in [0.05, 0.1) is 0 Å². The van der Waals surface area contributed by atoms with Gasteiger partial charge >= 0.3 is 6.03 Å². The third-order valence-electron chi connectivity index (χ3n) is 3.38. The number of urea groups is 1. The molecule has 0 bridgehead atoms. The number of amides is 2. The summed E-state index contributed by atoms with van der Waals surface area (Å²) in [6, 6.07) is 7.70. The minimum atomic E-state index is -0.379. The number of hydrogen-bond acceptors (Lipinski definition) is 1. The molecule has 0 radical (unpaired) electrons. The molecule has 2 aromatic rings. The summed E-state index contributed by atoms with van der Waals surface area (Å²) in [6.45, 7) is 1.16. The Morgan fingerprint density at radius 1 is 1.32 bits per heavy atom. The van der Waals surface area contributed by atoms with Gasteiger partial charge in [-0.25, -0.2) is 4.79 Å². The second-order valence-corrected chi connectivity index (χ2v) is 4.62. The molecule has 1 aromatic heterocycles. The van der Waals surface area contributed by atoms with Crippen LogP contribution in [0.5, 0.6) is 0 Å². The maximum atomic E-state index is 11.8. The van der Waals surface area contributed by atoms with Crippen molar-refractivity contribution < 1.29 is 4.79 Å². The van der Waals surface area contributed by atoms with E-state index >= 15 is 0 Å². The number of para-hydroxylation sites is 1. The topological polar surface area (TPSA) is 100 Å². The van der Waals surface area contributed by atoms with Crippen molar-refractivity contribution in [2.75, 3.05) is 6.54 Å². The number of H-pyrrole nitrogens is 1. The SMILES string of the molecule is NC(N)=NC(=O)N1CCc2[nH]c3ccccc3c2C1. The fourth-order valence-electron chi connectivity index (χ4n) is 2.51. The van der Waals surface area contributed by atoms with Crippen LogP contribution >= 0.6 is 0 Å². The van der Waals surface area contributed by atoms with E-state index < -0.39 is 0 Å². The fraction of sp³-hybridized carbons (Fsp3) is 0.231. The number of nitrogens with two attached hydrogens (primary N) is 2. The Balaban J connectivity index is 1.95. The predicted molar refractivity (Wildman–Crippen MR) is 73.6 cm³/mol. The Morgan fingerprint density at radius 2 is 2.11 bits per heavy atom. The molecule has 1 aromatic carbocycles. The third kappa shape index (κ3) is 2.01. The zero-order valence-corrected chi connectivity index (χ0v) is 10.4. The lowest BCUT2D eigenvalue weighted by Crippen LogP contribution is -2.36. The average molecular weight is 257 g/mol. The molecule has 1 aliphatic heterocycles. The first kappa shape index (κ1) is 11.6. The molecule has 19 heavy (non-hydrogen) atoms. The number of carbonyl (C=O) groups is 1. The summed E-state index contributed by atoms with van der Waals surface area (Å²) in [5, 5.41) is 1.15. The standard InChI is InChI=1S/C13H15N5O/c14-12(15)17-13(19)18-6-5-11-9(7-18)8-3-1-2-4-10(8)16-11/h1-4,16H,5-7H2,(H4,14,15,17,19). The van der Waals surface area contributed by atoms with Crippen LogP contribution in [0.15, 0.2) is 29.3 Å². The van der Waals surface area contributed by atoms with E-state index in [1.165, 1.54) is 5.69 Å². The van der Waals surface area contributed by atoms with Gasteiger partial charge in [-0.3, -0.25) is 0 Å². The minimum absolute atomic E-state index is 0.199. The van der Waals surface area contributed by atoms with E-state index in [1.54, 1.807) is 4.90 Å². The minimum Gasteiger partial charge on any atom is -0.370 e. The zero-order valence-electron chi connectivity index (χ0n) is 10.4. The van der Waals surface area contributed by atoms with Crippen molar-refractivity contribution in [1.29, 1.82) is 0 Å². The van der Waals surface area contributed by atoms with Gasteiger partial charge in [-0.2, -0.15) is 4.99 Å². The molecule has 0 saturated heterocycles. The Morgan fingerprint density at radius 3 is 2.89 bits per heavy atom. The van der Waals surface area contributed by atoms with Crippen molar-refractivity contribution in [3.05, 3.63) is 35.5 Å². The van der Waals surface area contributed by atoms with E-state index in [0.717, 1.165) is 22.9 Å². The van der Waals surface area contributed by atoms with Crippen LogP contribution in [0.4, 0.5) is 4.79 Å². The fourth-order valence-corrected chi connectivity index (χ4v) is 2.51. The van der Waals surface area contributed by atoms with E-state index in [2.05, 4.69) is 16.0 Å². The van der Waals surface area contributed by atoms with Crippen LogP contribution in [0.3, 0.4) is 0 Å². The zero-order chi connectivity index (χ0) is 13.4. The molecule has 2 amide bonds. The van der Waals surface area contributed by atoms with Crippen molar-refractivity contribution in [3.8, 4) is 0 Å². The van der Waals surface area contributed by atoms with Crippen molar-refractivity contribution in [3.63, 3.8) is 0 Å². The smallest absolute Gasteiger partial charge is 0.347 e. The molecule has 3 rings (SSSR count). The molecule has 0 aliphatic carbocycles. The summed E-state index contributed by atoms with van der Waals surface area (Å²) in [5.41, 5.74) is 13.9. The van der Waals surface area contributed by atoms with Gasteiger partial charge in [0.25, 0.3) is 0 Å². The number of hydrogen-bond donors (Lipinski definition) is 3. The van der Waals surface area contributed by atoms with E-state index in [9.17, 15) is 4.79 Å². The first-order chi connectivity index (χ1) is 9.15. The molecule has 0 atom stereocenters. The summed E-state index contributed by atoms with van der Waals surface area (Å²) in [4.78, 5) is 20.5. The van der Waals surface area contributed by atoms with Crippen LogP contribution < -0.4 is 11.5 Å². The number of fused-ring (bicyclic) bond motifs is 3. The van der Waals surface area contributed by atoms with Gasteiger partial charge in [0, 0.05) is 41.7 Å². The molecule has 6 heteroatoms. The van der Waals surface area contributed by atoms with Crippen molar-refractivity contribution in [1.82, 2.24) is 9.88 Å². The first-order valence-electron chi connectivity index (χ1n) is 6.12. The highest BCUT2D eigenvalue weighted by Crippen LogP contribution is 2.27. The Kier molecular flexibility index (Phi) is 2.63. The van der Waals surface area contributed by atoms with Gasteiger partial charge in [0.15, 0.2) is 5.96 Å². The molecule has 0 unspecified atom stereocenters. The van der Waals surface area contributed by atoms with Crippen LogP contribution in [-0.2, 0) is 13.0 Å². The summed E-state index contributed by atoms with van der Waals surface area (Å²) < 4.78 is 0. The summed E-state index contributed by atoms with van der Waals surface area (Å²) in [5.74, 6) is -0.199. The molecular formula is C13H15N5O. The molecule has 6 nitrogen and oxygen atoms in total. The van der Waals surface area contributed by atoms with E-state index in [1.807, 2.05) is 18.2 Å². The maximum absolute atomic E-state index is 11.8. The van der Waals surface area contributed by atoms with E-state index in [-0.39, 0.29) is 12.0 Å². The van der Waals surface area contributed by atoms with Crippen molar-refractivity contribution in [2.45, 2.75) is 13.0 Å². The molecule has 5 N–H and O–H groups in total. The van der Waals surface area contributed by atoms with Gasteiger partial charge in [0.1, 0.15) is 0 Å². The maximum Gasteiger partial charge on any atom is 0.347 e. The predicted octanol–water partition coefficient (Wildman–Crippen LogP) is 0.919. The number of nitrogens with zero attached hydrogens (tertiary/aromatic N) is 2. The highest BCUT2D eigenvalue weighted by atomic mass is 16.2. The average Bonchev–Trinajstić information content (AvgIpc) is 2.75. The molecular weight excluding hydrogens is 242 g/mol. The Labute approximate surface area is 110 Å². The number of aromatic amines is 1. The van der Waals surface area contributed by atoms with Crippen LogP contribution in [0, 0.1) is 0 Å². The van der Waals surface area contributed by atoms with Crippen LogP contribution in [-0.4, -0.2) is 28.4 Å². The molecule has 98 valence electrons. The Bertz CT molecular complexity index is 669. The molecule has 1 aliphatic rings. The largest absolute Gasteiger partial charge is 0.370 e. The summed E-state index contributed by atoms with van der Waals surface area (Å²) in [7, 11) is 0. The normalized spacial score (nSPS) is 14.2. The van der Waals surface area contributed by atoms with Gasteiger partial charge in [-0.15, -0.1) is 0 Å². The lowest BCUT2D eigenvalue weighted by Gasteiger charge is -2.25. The molecule has 0 fully saturated rings. The number of rotatable bonds is 0. The van der Waals surface area contributed by atoms with Gasteiger partial charge in [-0.1, -0.05) is 18.2 Å². The van der Waals surface area contributed by atoms with E-state index in [0.29, 0.717) is 13.1 Å². The first-order valence-corrected chi connectivity index (χ1v) is 6.12. The van der Waals surface area contributed by atoms with Gasteiger partial charge < -0.3 is 21.4 Å². The quantitative estimate of drug-likeness (QED) is 0.483. The molecule has 2 heterocycles. The van der Waals surface area contributed by atoms with Crippen LogP contribution in [0.2, 0.25) is 0 Å².